The lowest BCUT2D eigenvalue weighted by Gasteiger charge is -2.51. The third kappa shape index (κ3) is 5.47. The molecule has 10 heteroatoms. The van der Waals surface area contributed by atoms with Gasteiger partial charge >= 0.3 is 0 Å². The maximum atomic E-state index is 15.4. The summed E-state index contributed by atoms with van der Waals surface area (Å²) >= 11 is 0. The number of amides is 4. The Morgan fingerprint density at radius 2 is 1.80 bits per heavy atom. The van der Waals surface area contributed by atoms with Crippen molar-refractivity contribution >= 4 is 29.2 Å². The molecule has 0 saturated carbocycles. The van der Waals surface area contributed by atoms with Crippen LogP contribution in [-0.2, 0) is 16.1 Å². The van der Waals surface area contributed by atoms with E-state index in [1.54, 1.807) is 11.0 Å². The van der Waals surface area contributed by atoms with Crippen LogP contribution in [0.2, 0.25) is 0 Å². The predicted octanol–water partition coefficient (Wildman–Crippen LogP) is 4.93. The topological polar surface area (TPSA) is 98.8 Å². The predicted molar refractivity (Wildman–Crippen MR) is 162 cm³/mol. The zero-order chi connectivity index (χ0) is 31.6. The quantitative estimate of drug-likeness (QED) is 0.465. The Balaban J connectivity index is 1.07. The molecule has 1 aliphatic carbocycles. The van der Waals surface area contributed by atoms with Crippen LogP contribution in [0.3, 0.4) is 0 Å². The van der Waals surface area contributed by atoms with E-state index in [-0.39, 0.29) is 71.7 Å². The summed E-state index contributed by atoms with van der Waals surface area (Å²) in [5.41, 5.74) is 4.39. The molecule has 5 aliphatic heterocycles. The number of carbonyl (C=O) groups excluding carboxylic acids is 4. The molecule has 6 aliphatic rings. The van der Waals surface area contributed by atoms with Crippen molar-refractivity contribution in [3.05, 3.63) is 75.9 Å². The summed E-state index contributed by atoms with van der Waals surface area (Å²) < 4.78 is 29.1. The molecular weight excluding hydrogens is 578 g/mol. The van der Waals surface area contributed by atoms with Gasteiger partial charge in [-0.3, -0.25) is 29.8 Å². The highest BCUT2D eigenvalue weighted by Crippen LogP contribution is 2.45. The van der Waals surface area contributed by atoms with Gasteiger partial charge in [0.2, 0.25) is 11.8 Å². The van der Waals surface area contributed by atoms with Crippen molar-refractivity contribution in [2.75, 3.05) is 6.54 Å². The second-order valence-corrected chi connectivity index (χ2v) is 14.1. The fraction of sp³-hybridized carbons (Fsp3) is 0.486. The Labute approximate surface area is 261 Å². The monoisotopic (exact) mass is 616 g/mol. The second kappa shape index (κ2) is 11.2. The van der Waals surface area contributed by atoms with Gasteiger partial charge in [-0.1, -0.05) is 31.6 Å². The Bertz CT molecular complexity index is 1630. The van der Waals surface area contributed by atoms with E-state index in [2.05, 4.69) is 24.5 Å². The normalized spacial score (nSPS) is 27.6. The minimum absolute atomic E-state index is 0.00711. The van der Waals surface area contributed by atoms with Crippen molar-refractivity contribution in [3.8, 4) is 0 Å². The molecule has 5 heterocycles. The van der Waals surface area contributed by atoms with E-state index in [1.807, 2.05) is 12.1 Å². The van der Waals surface area contributed by atoms with Crippen LogP contribution in [0.15, 0.2) is 42.0 Å². The molecule has 2 bridgehead atoms. The molecule has 2 aromatic carbocycles. The first-order valence-electron chi connectivity index (χ1n) is 16.0. The van der Waals surface area contributed by atoms with E-state index in [0.717, 1.165) is 50.2 Å². The smallest absolute Gasteiger partial charge is 0.258 e. The van der Waals surface area contributed by atoms with Gasteiger partial charge in [0, 0.05) is 31.1 Å². The molecule has 2 N–H and O–H groups in total. The Kier molecular flexibility index (Phi) is 7.38. The first-order valence-corrected chi connectivity index (χ1v) is 16.0. The molecule has 236 valence electrons. The average molecular weight is 617 g/mol. The highest BCUT2D eigenvalue weighted by molar-refractivity contribution is 6.06. The summed E-state index contributed by atoms with van der Waals surface area (Å²) in [5, 5.41) is 5.97. The minimum atomic E-state index is -0.853. The lowest BCUT2D eigenvalue weighted by atomic mass is 9.70. The number of fused-ring (bicyclic) bond motifs is 4. The summed E-state index contributed by atoms with van der Waals surface area (Å²) in [5.74, 6) is -2.62. The van der Waals surface area contributed by atoms with Crippen molar-refractivity contribution in [2.45, 2.75) is 90.0 Å². The van der Waals surface area contributed by atoms with Gasteiger partial charge in [0.25, 0.3) is 11.8 Å². The van der Waals surface area contributed by atoms with Gasteiger partial charge in [0.1, 0.15) is 17.7 Å². The number of benzene rings is 2. The molecule has 4 saturated heterocycles. The molecule has 0 spiro atoms. The molecule has 8 rings (SSSR count). The van der Waals surface area contributed by atoms with Crippen molar-refractivity contribution in [3.63, 3.8) is 0 Å². The first-order chi connectivity index (χ1) is 21.5. The first kappa shape index (κ1) is 29.8. The number of imide groups is 1. The number of allylic oxidation sites excluding steroid dienone is 1. The van der Waals surface area contributed by atoms with Crippen LogP contribution in [-0.4, -0.2) is 58.2 Å². The lowest BCUT2D eigenvalue weighted by molar-refractivity contribution is -0.136. The van der Waals surface area contributed by atoms with Gasteiger partial charge in [-0.25, -0.2) is 8.78 Å². The molecule has 0 radical (unpaired) electrons. The van der Waals surface area contributed by atoms with Gasteiger partial charge in [-0.15, -0.1) is 0 Å². The van der Waals surface area contributed by atoms with Crippen molar-refractivity contribution < 1.29 is 28.0 Å². The number of piperidine rings is 3. The molecule has 2 aromatic rings. The SMILES string of the molecule is CC1(C)CCC(CC2NC3CCC2CN3C(=O)c2cc(F)c3c(c2)CN(C2CCC(=O)NC2=O)C3=O)=C(c2ccc(F)cc2)C1. The van der Waals surface area contributed by atoms with Crippen LogP contribution in [0.25, 0.3) is 5.57 Å². The van der Waals surface area contributed by atoms with Crippen LogP contribution < -0.4 is 10.6 Å². The molecular formula is C35H38F2N4O4. The molecule has 0 aromatic heterocycles. The van der Waals surface area contributed by atoms with Crippen molar-refractivity contribution in [2.24, 2.45) is 11.3 Å². The highest BCUT2D eigenvalue weighted by Gasteiger charge is 2.44. The van der Waals surface area contributed by atoms with Gasteiger partial charge in [0.15, 0.2) is 0 Å². The summed E-state index contributed by atoms with van der Waals surface area (Å²) in [6, 6.07) is 8.86. The van der Waals surface area contributed by atoms with Crippen LogP contribution in [0.4, 0.5) is 8.78 Å². The maximum Gasteiger partial charge on any atom is 0.258 e. The summed E-state index contributed by atoms with van der Waals surface area (Å²) in [7, 11) is 0. The van der Waals surface area contributed by atoms with Gasteiger partial charge in [-0.05, 0) is 97.2 Å². The third-order valence-electron chi connectivity index (χ3n) is 10.5. The van der Waals surface area contributed by atoms with E-state index < -0.39 is 23.7 Å². The molecule has 45 heavy (non-hydrogen) atoms. The number of rotatable bonds is 5. The Hall–Kier alpha value is -3.92. The van der Waals surface area contributed by atoms with Crippen LogP contribution in [0.1, 0.15) is 97.1 Å². The van der Waals surface area contributed by atoms with E-state index in [0.29, 0.717) is 12.1 Å². The molecule has 4 atom stereocenters. The summed E-state index contributed by atoms with van der Waals surface area (Å²) in [6.07, 6.45) is 5.79. The molecule has 8 nitrogen and oxygen atoms in total. The molecule has 4 fully saturated rings. The summed E-state index contributed by atoms with van der Waals surface area (Å²) in [4.78, 5) is 54.0. The maximum absolute atomic E-state index is 15.4. The van der Waals surface area contributed by atoms with E-state index in [1.165, 1.54) is 28.2 Å². The zero-order valence-corrected chi connectivity index (χ0v) is 25.6. The Morgan fingerprint density at radius 3 is 2.51 bits per heavy atom. The average Bonchev–Trinajstić information content (AvgIpc) is 3.34. The Morgan fingerprint density at radius 1 is 1.02 bits per heavy atom. The van der Waals surface area contributed by atoms with Gasteiger partial charge in [0.05, 0.1) is 11.7 Å². The van der Waals surface area contributed by atoms with E-state index >= 15 is 4.39 Å². The van der Waals surface area contributed by atoms with Crippen LogP contribution in [0, 0.1) is 23.0 Å². The number of halogens is 2. The molecule has 4 amide bonds. The minimum Gasteiger partial charge on any atom is -0.323 e. The second-order valence-electron chi connectivity index (χ2n) is 14.1. The number of carbonyl (C=O) groups is 4. The number of hydrogen-bond donors (Lipinski definition) is 2. The largest absolute Gasteiger partial charge is 0.323 e. The van der Waals surface area contributed by atoms with Crippen molar-refractivity contribution in [1.82, 2.24) is 20.4 Å². The zero-order valence-electron chi connectivity index (χ0n) is 25.6. The standard InChI is InChI=1S/C35H38F2N4O4/c1-35(2)12-11-20(25(16-35)19-3-6-24(36)7-4-19)15-27-21-5-9-29(38-27)41(17-21)33(44)22-13-23-18-40(34(45)31(23)26(37)14-22)28-8-10-30(42)39-32(28)43/h3-4,6-7,13-14,21,27-29,38H,5,8-12,15-18H2,1-2H3,(H,39,42,43). The number of nitrogens with zero attached hydrogens (tertiary/aromatic N) is 2. The van der Waals surface area contributed by atoms with Gasteiger partial charge < -0.3 is 9.80 Å². The van der Waals surface area contributed by atoms with Crippen LogP contribution in [0.5, 0.6) is 0 Å². The van der Waals surface area contributed by atoms with Gasteiger partial charge in [-0.2, -0.15) is 0 Å². The van der Waals surface area contributed by atoms with Crippen molar-refractivity contribution in [1.29, 1.82) is 0 Å². The molecule has 4 unspecified atom stereocenters. The lowest BCUT2D eigenvalue weighted by Crippen LogP contribution is -2.65. The summed E-state index contributed by atoms with van der Waals surface area (Å²) in [6.45, 7) is 5.13. The van der Waals surface area contributed by atoms with E-state index in [4.69, 9.17) is 0 Å². The number of hydrogen-bond acceptors (Lipinski definition) is 5. The van der Waals surface area contributed by atoms with Crippen LogP contribution >= 0.6 is 0 Å². The number of nitrogens with one attached hydrogen (secondary N) is 2. The highest BCUT2D eigenvalue weighted by atomic mass is 19.1. The van der Waals surface area contributed by atoms with E-state index in [9.17, 15) is 23.6 Å². The fourth-order valence-corrected chi connectivity index (χ4v) is 8.06. The third-order valence-corrected chi connectivity index (χ3v) is 10.5. The fourth-order valence-electron chi connectivity index (χ4n) is 8.06.